The average molecular weight is 189 g/mol. The number of hydrazine groups is 1. The molecule has 0 fully saturated rings. The molecule has 0 radical (unpaired) electrons. The van der Waals surface area contributed by atoms with Crippen LogP contribution in [0.25, 0.3) is 0 Å². The lowest BCUT2D eigenvalue weighted by Crippen LogP contribution is -2.20. The number of hydrogen-bond donors (Lipinski definition) is 2. The Morgan fingerprint density at radius 1 is 1.46 bits per heavy atom. The van der Waals surface area contributed by atoms with Gasteiger partial charge >= 0.3 is 5.97 Å². The summed E-state index contributed by atoms with van der Waals surface area (Å²) in [5.41, 5.74) is 0.448. The van der Waals surface area contributed by atoms with Crippen LogP contribution >= 0.6 is 0 Å². The molecule has 0 saturated carbocycles. The van der Waals surface area contributed by atoms with Gasteiger partial charge in [0.2, 0.25) is 0 Å². The summed E-state index contributed by atoms with van der Waals surface area (Å²) in [7, 11) is 3.85. The minimum Gasteiger partial charge on any atom is -0.461 e. The van der Waals surface area contributed by atoms with Crippen molar-refractivity contribution in [1.29, 1.82) is 0 Å². The largest absolute Gasteiger partial charge is 0.461 e. The smallest absolute Gasteiger partial charge is 0.333 e. The van der Waals surface area contributed by atoms with Crippen molar-refractivity contribution >= 4 is 5.97 Å². The summed E-state index contributed by atoms with van der Waals surface area (Å²) in [5, 5.41) is 0. The third-order valence-electron chi connectivity index (χ3n) is 1.12. The molecule has 0 atom stereocenters. The summed E-state index contributed by atoms with van der Waals surface area (Å²) >= 11 is 0. The van der Waals surface area contributed by atoms with E-state index in [0.29, 0.717) is 12.2 Å². The van der Waals surface area contributed by atoms with Crippen molar-refractivity contribution in [3.8, 4) is 0 Å². The first-order chi connectivity index (χ1) is 6.04. The third-order valence-corrected chi connectivity index (χ3v) is 1.12. The zero-order chi connectivity index (χ0) is 10.9. The summed E-state index contributed by atoms with van der Waals surface area (Å²) in [4.78, 5) is 12.7. The number of ether oxygens (including phenoxy) is 1. The van der Waals surface area contributed by atoms with Gasteiger partial charge in [0.05, 0.1) is 0 Å². The highest BCUT2D eigenvalue weighted by atomic mass is 16.5. The highest BCUT2D eigenvalue weighted by molar-refractivity contribution is 5.86. The molecule has 5 heteroatoms. The molecular weight excluding hydrogens is 170 g/mol. The van der Waals surface area contributed by atoms with Crippen molar-refractivity contribution in [2.24, 2.45) is 11.7 Å². The third kappa shape index (κ3) is 11.1. The molecule has 0 aromatic heterocycles. The highest BCUT2D eigenvalue weighted by Gasteiger charge is 2.01. The van der Waals surface area contributed by atoms with Crippen molar-refractivity contribution in [1.82, 2.24) is 4.90 Å². The SMILES string of the molecule is C=C(C)C(=O)OCCN(C)C.NN. The molecule has 0 amide bonds. The van der Waals surface area contributed by atoms with Crippen LogP contribution in [0.2, 0.25) is 0 Å². The Hall–Kier alpha value is -0.910. The van der Waals surface area contributed by atoms with E-state index in [1.807, 2.05) is 19.0 Å². The molecule has 0 saturated heterocycles. The van der Waals surface area contributed by atoms with E-state index in [1.165, 1.54) is 0 Å². The Balaban J connectivity index is 0. The number of carbonyl (C=O) groups excluding carboxylic acids is 1. The van der Waals surface area contributed by atoms with Crippen molar-refractivity contribution in [3.05, 3.63) is 12.2 Å². The van der Waals surface area contributed by atoms with Gasteiger partial charge in [-0.1, -0.05) is 6.58 Å². The predicted molar refractivity (Wildman–Crippen MR) is 52.7 cm³/mol. The van der Waals surface area contributed by atoms with Crippen molar-refractivity contribution in [2.45, 2.75) is 6.92 Å². The van der Waals surface area contributed by atoms with Gasteiger partial charge in [0.25, 0.3) is 0 Å². The summed E-state index contributed by atoms with van der Waals surface area (Å²) in [6.45, 7) is 6.28. The minimum absolute atomic E-state index is 0.313. The fourth-order valence-electron chi connectivity index (χ4n) is 0.444. The summed E-state index contributed by atoms with van der Waals surface area (Å²) < 4.78 is 4.83. The van der Waals surface area contributed by atoms with Crippen LogP contribution in [0, 0.1) is 0 Å². The second-order valence-corrected chi connectivity index (χ2v) is 2.72. The van der Waals surface area contributed by atoms with E-state index in [1.54, 1.807) is 6.92 Å². The van der Waals surface area contributed by atoms with Crippen molar-refractivity contribution < 1.29 is 9.53 Å². The maximum Gasteiger partial charge on any atom is 0.333 e. The molecule has 0 spiro atoms. The molecule has 0 aliphatic rings. The van der Waals surface area contributed by atoms with E-state index in [2.05, 4.69) is 18.3 Å². The lowest BCUT2D eigenvalue weighted by atomic mass is 10.4. The lowest BCUT2D eigenvalue weighted by Gasteiger charge is -2.09. The van der Waals surface area contributed by atoms with Gasteiger partial charge in [0, 0.05) is 12.1 Å². The van der Waals surface area contributed by atoms with E-state index in [-0.39, 0.29) is 5.97 Å². The lowest BCUT2D eigenvalue weighted by molar-refractivity contribution is -0.139. The monoisotopic (exact) mass is 189 g/mol. The van der Waals surface area contributed by atoms with Crippen LogP contribution in [0.3, 0.4) is 0 Å². The second-order valence-electron chi connectivity index (χ2n) is 2.72. The predicted octanol–water partition coefficient (Wildman–Crippen LogP) is -0.514. The van der Waals surface area contributed by atoms with Crippen molar-refractivity contribution in [3.63, 3.8) is 0 Å². The molecule has 0 aromatic carbocycles. The van der Waals surface area contributed by atoms with Crippen LogP contribution < -0.4 is 11.7 Å². The van der Waals surface area contributed by atoms with E-state index in [4.69, 9.17) is 4.74 Å². The molecule has 4 N–H and O–H groups in total. The van der Waals surface area contributed by atoms with Gasteiger partial charge in [-0.25, -0.2) is 4.79 Å². The van der Waals surface area contributed by atoms with Crippen molar-refractivity contribution in [2.75, 3.05) is 27.2 Å². The Bertz CT molecular complexity index is 157. The number of carbonyl (C=O) groups is 1. The van der Waals surface area contributed by atoms with Gasteiger partial charge in [-0.05, 0) is 21.0 Å². The van der Waals surface area contributed by atoms with Crippen LogP contribution in [-0.4, -0.2) is 38.1 Å². The first-order valence-electron chi connectivity index (χ1n) is 3.84. The van der Waals surface area contributed by atoms with E-state index in [0.717, 1.165) is 6.54 Å². The highest BCUT2D eigenvalue weighted by Crippen LogP contribution is 1.91. The Labute approximate surface area is 79.3 Å². The van der Waals surface area contributed by atoms with Crippen LogP contribution in [0.1, 0.15) is 6.92 Å². The zero-order valence-corrected chi connectivity index (χ0v) is 8.54. The number of nitrogens with zero attached hydrogens (tertiary/aromatic N) is 1. The maximum absolute atomic E-state index is 10.8. The van der Waals surface area contributed by atoms with Crippen LogP contribution in [0.5, 0.6) is 0 Å². The molecule has 0 bridgehead atoms. The number of rotatable bonds is 4. The molecule has 0 unspecified atom stereocenters. The normalized spacial score (nSPS) is 8.77. The first kappa shape index (κ1) is 14.6. The molecule has 0 rings (SSSR count). The fraction of sp³-hybridized carbons (Fsp3) is 0.625. The molecule has 0 aliphatic carbocycles. The summed E-state index contributed by atoms with van der Waals surface area (Å²) in [6.07, 6.45) is 0. The molecular formula is C8H19N3O2. The standard InChI is InChI=1S/C8H15NO2.H4N2/c1-7(2)8(10)11-6-5-9(3)4;1-2/h1,5-6H2,2-4H3;1-2H2. The first-order valence-corrected chi connectivity index (χ1v) is 3.84. The zero-order valence-electron chi connectivity index (χ0n) is 8.54. The number of esters is 1. The Kier molecular flexibility index (Phi) is 10.3. The second kappa shape index (κ2) is 9.18. The quantitative estimate of drug-likeness (QED) is 0.269. The average Bonchev–Trinajstić information content (AvgIpc) is 2.07. The van der Waals surface area contributed by atoms with E-state index < -0.39 is 0 Å². The number of nitrogens with two attached hydrogens (primary N) is 2. The fourth-order valence-corrected chi connectivity index (χ4v) is 0.444. The van der Waals surface area contributed by atoms with Gasteiger partial charge in [-0.15, -0.1) is 0 Å². The van der Waals surface area contributed by atoms with E-state index in [9.17, 15) is 4.79 Å². The Morgan fingerprint density at radius 3 is 2.23 bits per heavy atom. The molecule has 0 aliphatic heterocycles. The van der Waals surface area contributed by atoms with Gasteiger partial charge in [0.15, 0.2) is 0 Å². The molecule has 13 heavy (non-hydrogen) atoms. The molecule has 0 heterocycles. The van der Waals surface area contributed by atoms with Gasteiger partial charge in [-0.2, -0.15) is 0 Å². The van der Waals surface area contributed by atoms with Gasteiger partial charge < -0.3 is 9.64 Å². The van der Waals surface area contributed by atoms with Crippen LogP contribution in [0.15, 0.2) is 12.2 Å². The molecule has 0 aromatic rings. The molecule has 5 nitrogen and oxygen atoms in total. The number of likely N-dealkylation sites (N-methyl/N-ethyl adjacent to an activating group) is 1. The molecule has 78 valence electrons. The minimum atomic E-state index is -0.313. The maximum atomic E-state index is 10.8. The van der Waals surface area contributed by atoms with Crippen LogP contribution in [0.4, 0.5) is 0 Å². The Morgan fingerprint density at radius 2 is 1.92 bits per heavy atom. The topological polar surface area (TPSA) is 81.6 Å². The van der Waals surface area contributed by atoms with Gasteiger partial charge in [-0.3, -0.25) is 11.7 Å². The van der Waals surface area contributed by atoms with Gasteiger partial charge in [0.1, 0.15) is 6.61 Å². The van der Waals surface area contributed by atoms with Crippen LogP contribution in [-0.2, 0) is 9.53 Å². The summed E-state index contributed by atoms with van der Waals surface area (Å²) in [5.74, 6) is 7.69. The number of hydrogen-bond acceptors (Lipinski definition) is 5. The summed E-state index contributed by atoms with van der Waals surface area (Å²) in [6, 6.07) is 0. The van der Waals surface area contributed by atoms with E-state index >= 15 is 0 Å².